The molecule has 0 N–H and O–H groups in total. The molecule has 0 amide bonds. The largest absolute Gasteiger partial charge is 0.346 e. The lowest BCUT2D eigenvalue weighted by Crippen LogP contribution is -2.29. The van der Waals surface area contributed by atoms with Gasteiger partial charge in [-0.2, -0.15) is 0 Å². The molecule has 36 heavy (non-hydrogen) atoms. The number of carbonyl (C=O) groups excluding carboxylic acids is 1. The predicted molar refractivity (Wildman–Crippen MR) is 148 cm³/mol. The van der Waals surface area contributed by atoms with E-state index in [1.54, 1.807) is 0 Å². The van der Waals surface area contributed by atoms with Crippen molar-refractivity contribution in [2.45, 2.75) is 39.5 Å². The molecule has 0 atom stereocenters. The maximum atomic E-state index is 13.4. The fraction of sp³-hybridized carbons (Fsp3) is 0.226. The average molecular weight is 541 g/mol. The van der Waals surface area contributed by atoms with E-state index in [1.807, 2.05) is 60.7 Å². The van der Waals surface area contributed by atoms with E-state index in [4.69, 9.17) is 4.84 Å². The second-order valence-electron chi connectivity index (χ2n) is 10.2. The summed E-state index contributed by atoms with van der Waals surface area (Å²) in [4.78, 5) is 19.2. The van der Waals surface area contributed by atoms with Crippen LogP contribution in [0.25, 0.3) is 5.69 Å². The van der Waals surface area contributed by atoms with Gasteiger partial charge in [0.2, 0.25) is 0 Å². The highest BCUT2D eigenvalue weighted by atomic mass is 79.9. The van der Waals surface area contributed by atoms with E-state index in [0.29, 0.717) is 0 Å². The molecule has 0 aliphatic heterocycles. The van der Waals surface area contributed by atoms with Gasteiger partial charge in [0.15, 0.2) is 0 Å². The van der Waals surface area contributed by atoms with E-state index in [2.05, 4.69) is 76.8 Å². The lowest BCUT2D eigenvalue weighted by atomic mass is 9.76. The number of nitrogens with zero attached hydrogens (tertiary/aromatic N) is 2. The van der Waals surface area contributed by atoms with Crippen LogP contribution < -0.4 is 0 Å². The van der Waals surface area contributed by atoms with E-state index in [0.717, 1.165) is 51.1 Å². The molecule has 1 aromatic heterocycles. The van der Waals surface area contributed by atoms with Crippen molar-refractivity contribution in [3.63, 3.8) is 0 Å². The first-order valence-electron chi connectivity index (χ1n) is 12.2. The van der Waals surface area contributed by atoms with Crippen LogP contribution in [0.3, 0.4) is 0 Å². The van der Waals surface area contributed by atoms with Crippen LogP contribution in [0.1, 0.15) is 54.3 Å². The first-order valence-corrected chi connectivity index (χ1v) is 13.0. The van der Waals surface area contributed by atoms with Crippen molar-refractivity contribution < 1.29 is 9.63 Å². The summed E-state index contributed by atoms with van der Waals surface area (Å²) >= 11 is 3.53. The highest BCUT2D eigenvalue weighted by Gasteiger charge is 2.34. The average Bonchev–Trinajstić information content (AvgIpc) is 3.19. The summed E-state index contributed by atoms with van der Waals surface area (Å²) in [5.74, 6) is -0.921. The third-order valence-electron chi connectivity index (χ3n) is 6.72. The quantitative estimate of drug-likeness (QED) is 0.193. The molecule has 0 saturated carbocycles. The number of carbonyl (C=O) groups is 1. The van der Waals surface area contributed by atoms with E-state index in [9.17, 15) is 4.79 Å². The fourth-order valence-corrected chi connectivity index (χ4v) is 5.38. The summed E-state index contributed by atoms with van der Waals surface area (Å²) in [5, 5.41) is 4.50. The predicted octanol–water partition coefficient (Wildman–Crippen LogP) is 7.60. The van der Waals surface area contributed by atoms with E-state index < -0.39 is 5.92 Å². The minimum absolute atomic E-state index is 0.0194. The minimum Gasteiger partial charge on any atom is -0.318 e. The molecule has 4 nitrogen and oxygen atoms in total. The second-order valence-corrected chi connectivity index (χ2v) is 11.1. The number of rotatable bonds is 5. The molecule has 0 unspecified atom stereocenters. The number of benzene rings is 3. The number of hydrogen-bond acceptors (Lipinski definition) is 3. The van der Waals surface area contributed by atoms with Crippen LogP contribution >= 0.6 is 15.9 Å². The Morgan fingerprint density at radius 1 is 0.917 bits per heavy atom. The summed E-state index contributed by atoms with van der Waals surface area (Å²) in [7, 11) is 0. The van der Waals surface area contributed by atoms with Gasteiger partial charge < -0.3 is 9.40 Å². The van der Waals surface area contributed by atoms with Crippen LogP contribution in [0.5, 0.6) is 0 Å². The first-order chi connectivity index (χ1) is 17.3. The van der Waals surface area contributed by atoms with Gasteiger partial charge in [0.1, 0.15) is 5.92 Å². The summed E-state index contributed by atoms with van der Waals surface area (Å²) in [6.45, 7) is 6.58. The van der Waals surface area contributed by atoms with E-state index >= 15 is 0 Å². The molecule has 1 heterocycles. The highest BCUT2D eigenvalue weighted by Crippen LogP contribution is 2.38. The van der Waals surface area contributed by atoms with Crippen molar-refractivity contribution in [2.24, 2.45) is 10.6 Å². The maximum absolute atomic E-state index is 13.4. The Kier molecular flexibility index (Phi) is 6.67. The van der Waals surface area contributed by atoms with Gasteiger partial charge in [0.05, 0.1) is 5.71 Å². The molecular formula is C31H29BrN2O2. The Hall–Kier alpha value is -3.44. The molecule has 0 bridgehead atoms. The van der Waals surface area contributed by atoms with Gasteiger partial charge in [0.25, 0.3) is 0 Å². The summed E-state index contributed by atoms with van der Waals surface area (Å²) in [6, 6.07) is 30.0. The van der Waals surface area contributed by atoms with Crippen molar-refractivity contribution in [1.29, 1.82) is 0 Å². The van der Waals surface area contributed by atoms with Gasteiger partial charge >= 0.3 is 5.97 Å². The molecule has 3 aromatic carbocycles. The third-order valence-corrected chi connectivity index (χ3v) is 7.25. The van der Waals surface area contributed by atoms with Crippen molar-refractivity contribution in [2.75, 3.05) is 0 Å². The molecule has 5 rings (SSSR count). The lowest BCUT2D eigenvalue weighted by molar-refractivity contribution is -0.144. The van der Waals surface area contributed by atoms with Crippen molar-refractivity contribution in [3.05, 3.63) is 124 Å². The topological polar surface area (TPSA) is 43.6 Å². The molecule has 1 aliphatic carbocycles. The van der Waals surface area contributed by atoms with Crippen LogP contribution in [-0.2, 0) is 16.1 Å². The zero-order valence-electron chi connectivity index (χ0n) is 20.7. The molecular weight excluding hydrogens is 512 g/mol. The number of fused-ring (bicyclic) bond motifs is 1. The van der Waals surface area contributed by atoms with Crippen LogP contribution in [0, 0.1) is 12.3 Å². The van der Waals surface area contributed by atoms with Crippen LogP contribution in [0.2, 0.25) is 0 Å². The minimum atomic E-state index is -0.540. The Bertz CT molecular complexity index is 1360. The zero-order chi connectivity index (χ0) is 25.3. The Balaban J connectivity index is 1.51. The van der Waals surface area contributed by atoms with Crippen LogP contribution in [0.4, 0.5) is 0 Å². The highest BCUT2D eigenvalue weighted by molar-refractivity contribution is 9.10. The molecule has 0 saturated heterocycles. The molecule has 0 spiro atoms. The zero-order valence-corrected chi connectivity index (χ0v) is 22.3. The van der Waals surface area contributed by atoms with Gasteiger partial charge in [0, 0.05) is 27.1 Å². The van der Waals surface area contributed by atoms with Crippen LogP contribution in [-0.4, -0.2) is 16.2 Å². The molecule has 1 aliphatic rings. The fourth-order valence-electron chi connectivity index (χ4n) is 5.12. The molecule has 0 fully saturated rings. The Labute approximate surface area is 220 Å². The van der Waals surface area contributed by atoms with Gasteiger partial charge in [-0.25, -0.2) is 4.79 Å². The lowest BCUT2D eigenvalue weighted by Gasteiger charge is -2.31. The monoisotopic (exact) mass is 540 g/mol. The van der Waals surface area contributed by atoms with Crippen molar-refractivity contribution in [3.8, 4) is 5.69 Å². The Morgan fingerprint density at radius 2 is 1.50 bits per heavy atom. The second kappa shape index (κ2) is 9.90. The summed E-state index contributed by atoms with van der Waals surface area (Å²) < 4.78 is 3.34. The Morgan fingerprint density at radius 3 is 2.08 bits per heavy atom. The van der Waals surface area contributed by atoms with E-state index in [1.165, 1.54) is 5.69 Å². The van der Waals surface area contributed by atoms with E-state index in [-0.39, 0.29) is 11.4 Å². The number of aryl methyl sites for hydroxylation is 1. The third kappa shape index (κ3) is 4.93. The van der Waals surface area contributed by atoms with Crippen molar-refractivity contribution in [1.82, 2.24) is 4.57 Å². The number of hydrogen-bond donors (Lipinski definition) is 0. The molecule has 0 radical (unpaired) electrons. The molecule has 5 heteroatoms. The smallest absolute Gasteiger partial charge is 0.318 e. The summed E-state index contributed by atoms with van der Waals surface area (Å²) in [6.07, 6.45) is 1.65. The van der Waals surface area contributed by atoms with Crippen LogP contribution in [0.15, 0.2) is 101 Å². The number of aromatic nitrogens is 1. The molecule has 4 aromatic rings. The SMILES string of the molecule is Cc1cc2c(n1-c1ccc(Br)cc1)CC(C)(C)C/C2=N\OC(=O)C(c1ccccc1)c1ccccc1. The van der Waals surface area contributed by atoms with Gasteiger partial charge in [-0.15, -0.1) is 0 Å². The van der Waals surface area contributed by atoms with Gasteiger partial charge in [-0.05, 0) is 66.6 Å². The maximum Gasteiger partial charge on any atom is 0.346 e. The van der Waals surface area contributed by atoms with Gasteiger partial charge in [-0.3, -0.25) is 0 Å². The normalized spacial score (nSPS) is 15.6. The summed E-state index contributed by atoms with van der Waals surface area (Å²) in [5.41, 5.74) is 7.06. The first kappa shape index (κ1) is 24.3. The molecule has 182 valence electrons. The van der Waals surface area contributed by atoms with Gasteiger partial charge in [-0.1, -0.05) is 95.6 Å². The van der Waals surface area contributed by atoms with Crippen molar-refractivity contribution >= 4 is 27.6 Å². The standard InChI is InChI=1S/C31H29BrN2O2/c1-21-18-26-27(19-31(2,3)20-28(26)34(21)25-16-14-24(32)15-17-25)33-36-30(35)29(22-10-6-4-7-11-22)23-12-8-5-9-13-23/h4-18,29H,19-20H2,1-3H3/b33-27+. The number of oxime groups is 1. The number of halogens is 1.